The minimum Gasteiger partial charge on any atom is -0.479 e. The van der Waals surface area contributed by atoms with Crippen molar-refractivity contribution in [3.63, 3.8) is 0 Å². The van der Waals surface area contributed by atoms with Crippen molar-refractivity contribution in [3.05, 3.63) is 64.4 Å². The minimum absolute atomic E-state index is 0.0997. The van der Waals surface area contributed by atoms with E-state index in [4.69, 9.17) is 16.3 Å². The van der Waals surface area contributed by atoms with Gasteiger partial charge in [0, 0.05) is 24.3 Å². The van der Waals surface area contributed by atoms with Gasteiger partial charge < -0.3 is 20.1 Å². The first-order valence-corrected chi connectivity index (χ1v) is 8.75. The number of nitrogens with zero attached hydrogens (tertiary/aromatic N) is 1. The summed E-state index contributed by atoms with van der Waals surface area (Å²) in [4.78, 5) is 26.1. The molecule has 0 radical (unpaired) electrons. The number of carbonyl (C=O) groups is 2. The fourth-order valence-corrected chi connectivity index (χ4v) is 2.96. The Morgan fingerprint density at radius 3 is 2.41 bits per heavy atom. The van der Waals surface area contributed by atoms with Crippen molar-refractivity contribution < 1.29 is 23.8 Å². The van der Waals surface area contributed by atoms with Crippen LogP contribution in [0.2, 0.25) is 5.02 Å². The average molecular weight is 393 g/mol. The molecule has 0 aliphatic carbocycles. The van der Waals surface area contributed by atoms with Crippen molar-refractivity contribution in [2.24, 2.45) is 0 Å². The number of benzene rings is 2. The summed E-state index contributed by atoms with van der Waals surface area (Å²) in [6, 6.07) is 9.10. The van der Waals surface area contributed by atoms with Gasteiger partial charge in [0.1, 0.15) is 5.82 Å². The highest BCUT2D eigenvalue weighted by atomic mass is 35.5. The fraction of sp³-hybridized carbons (Fsp3) is 0.263. The van der Waals surface area contributed by atoms with Crippen molar-refractivity contribution >= 4 is 29.2 Å². The summed E-state index contributed by atoms with van der Waals surface area (Å²) in [6.45, 7) is 2.85. The number of halogens is 2. The predicted octanol–water partition coefficient (Wildman–Crippen LogP) is 2.87. The standard InChI is InChI=1S/C19H18ClFN2O4/c20-15-6-3-13(11-16(15)21)17(19(25)26)22-18(24)12-1-4-14(5-2-12)23-7-9-27-10-8-23/h1-6,11,17H,7-10H2,(H,22,24)(H,25,26). The number of carboxylic acids is 1. The van der Waals surface area contributed by atoms with Crippen LogP contribution in [0.1, 0.15) is 22.0 Å². The molecule has 3 rings (SSSR count). The first-order chi connectivity index (χ1) is 13.0. The van der Waals surface area contributed by atoms with Gasteiger partial charge in [-0.3, -0.25) is 4.79 Å². The van der Waals surface area contributed by atoms with E-state index < -0.39 is 23.7 Å². The van der Waals surface area contributed by atoms with Gasteiger partial charge in [-0.25, -0.2) is 9.18 Å². The van der Waals surface area contributed by atoms with E-state index in [-0.39, 0.29) is 10.6 Å². The van der Waals surface area contributed by atoms with Crippen LogP contribution < -0.4 is 10.2 Å². The monoisotopic (exact) mass is 392 g/mol. The van der Waals surface area contributed by atoms with E-state index in [1.165, 1.54) is 12.1 Å². The molecule has 27 heavy (non-hydrogen) atoms. The molecule has 0 bridgehead atoms. The zero-order valence-electron chi connectivity index (χ0n) is 14.3. The molecule has 8 heteroatoms. The number of carbonyl (C=O) groups excluding carboxylic acids is 1. The molecule has 2 aromatic carbocycles. The van der Waals surface area contributed by atoms with Crippen LogP contribution >= 0.6 is 11.6 Å². The van der Waals surface area contributed by atoms with E-state index in [9.17, 15) is 19.1 Å². The van der Waals surface area contributed by atoms with Crippen molar-refractivity contribution in [1.29, 1.82) is 0 Å². The van der Waals surface area contributed by atoms with Crippen LogP contribution in [0.3, 0.4) is 0 Å². The SMILES string of the molecule is O=C(NC(C(=O)O)c1ccc(Cl)c(F)c1)c1ccc(N2CCOCC2)cc1. The van der Waals surface area contributed by atoms with Crippen LogP contribution in [0.4, 0.5) is 10.1 Å². The molecule has 0 spiro atoms. The van der Waals surface area contributed by atoms with Crippen LogP contribution in [0.25, 0.3) is 0 Å². The van der Waals surface area contributed by atoms with Gasteiger partial charge in [0.25, 0.3) is 5.91 Å². The molecule has 1 saturated heterocycles. The molecule has 1 atom stereocenters. The summed E-state index contributed by atoms with van der Waals surface area (Å²) in [7, 11) is 0. The Labute approximate surface area is 160 Å². The number of amides is 1. The molecule has 0 aromatic heterocycles. The molecule has 1 amide bonds. The first-order valence-electron chi connectivity index (χ1n) is 8.37. The highest BCUT2D eigenvalue weighted by Crippen LogP contribution is 2.22. The molecular weight excluding hydrogens is 375 g/mol. The number of ether oxygens (including phenoxy) is 1. The lowest BCUT2D eigenvalue weighted by molar-refractivity contribution is -0.139. The zero-order chi connectivity index (χ0) is 19.4. The Bertz CT molecular complexity index is 838. The summed E-state index contributed by atoms with van der Waals surface area (Å²) < 4.78 is 18.9. The number of anilines is 1. The van der Waals surface area contributed by atoms with Crippen LogP contribution in [-0.4, -0.2) is 43.3 Å². The molecule has 2 aromatic rings. The number of hydrogen-bond donors (Lipinski definition) is 2. The second-order valence-corrected chi connectivity index (χ2v) is 6.47. The van der Waals surface area contributed by atoms with Gasteiger partial charge in [-0.05, 0) is 42.0 Å². The Kier molecular flexibility index (Phi) is 5.93. The van der Waals surface area contributed by atoms with Crippen molar-refractivity contribution in [2.45, 2.75) is 6.04 Å². The van der Waals surface area contributed by atoms with Crippen LogP contribution in [0.15, 0.2) is 42.5 Å². The zero-order valence-corrected chi connectivity index (χ0v) is 15.1. The van der Waals surface area contributed by atoms with Crippen molar-refractivity contribution in [3.8, 4) is 0 Å². The number of rotatable bonds is 5. The highest BCUT2D eigenvalue weighted by Gasteiger charge is 2.24. The molecule has 2 N–H and O–H groups in total. The Hall–Kier alpha value is -2.64. The largest absolute Gasteiger partial charge is 0.479 e. The Morgan fingerprint density at radius 2 is 1.81 bits per heavy atom. The number of morpholine rings is 1. The maximum Gasteiger partial charge on any atom is 0.330 e. The molecule has 1 heterocycles. The smallest absolute Gasteiger partial charge is 0.330 e. The molecule has 1 fully saturated rings. The van der Waals surface area contributed by atoms with E-state index in [0.29, 0.717) is 18.8 Å². The number of aliphatic carboxylic acids is 1. The van der Waals surface area contributed by atoms with Gasteiger partial charge in [-0.2, -0.15) is 0 Å². The lowest BCUT2D eigenvalue weighted by Gasteiger charge is -2.28. The topological polar surface area (TPSA) is 78.9 Å². The lowest BCUT2D eigenvalue weighted by Crippen LogP contribution is -2.36. The quantitative estimate of drug-likeness (QED) is 0.818. The number of hydrogen-bond acceptors (Lipinski definition) is 4. The number of carboxylic acid groups (broad SMARTS) is 1. The fourth-order valence-electron chi connectivity index (χ4n) is 2.84. The van der Waals surface area contributed by atoms with Gasteiger partial charge in [0.05, 0.1) is 18.2 Å². The maximum atomic E-state index is 13.6. The summed E-state index contributed by atoms with van der Waals surface area (Å²) in [6.07, 6.45) is 0. The first kappa shape index (κ1) is 19.1. The second-order valence-electron chi connectivity index (χ2n) is 6.06. The van der Waals surface area contributed by atoms with Crippen LogP contribution in [-0.2, 0) is 9.53 Å². The third kappa shape index (κ3) is 4.56. The van der Waals surface area contributed by atoms with Crippen LogP contribution in [0, 0.1) is 5.82 Å². The summed E-state index contributed by atoms with van der Waals surface area (Å²) in [5, 5.41) is 11.7. The van der Waals surface area contributed by atoms with E-state index in [2.05, 4.69) is 10.2 Å². The van der Waals surface area contributed by atoms with Crippen molar-refractivity contribution in [2.75, 3.05) is 31.2 Å². The Morgan fingerprint density at radius 1 is 1.15 bits per heavy atom. The third-order valence-electron chi connectivity index (χ3n) is 4.31. The molecular formula is C19H18ClFN2O4. The van der Waals surface area contributed by atoms with Gasteiger partial charge in [0.2, 0.25) is 0 Å². The number of nitrogens with one attached hydrogen (secondary N) is 1. The minimum atomic E-state index is -1.39. The van der Waals surface area contributed by atoms with E-state index in [1.54, 1.807) is 24.3 Å². The summed E-state index contributed by atoms with van der Waals surface area (Å²) >= 11 is 5.62. The lowest BCUT2D eigenvalue weighted by atomic mass is 10.1. The van der Waals surface area contributed by atoms with Gasteiger partial charge >= 0.3 is 5.97 Å². The summed E-state index contributed by atoms with van der Waals surface area (Å²) in [5.74, 6) is -2.61. The predicted molar refractivity (Wildman–Crippen MR) is 98.7 cm³/mol. The van der Waals surface area contributed by atoms with Gasteiger partial charge in [-0.1, -0.05) is 17.7 Å². The molecule has 1 aliphatic rings. The summed E-state index contributed by atoms with van der Waals surface area (Å²) in [5.41, 5.74) is 1.37. The normalized spacial score (nSPS) is 15.3. The third-order valence-corrected chi connectivity index (χ3v) is 4.61. The van der Waals surface area contributed by atoms with Crippen molar-refractivity contribution in [1.82, 2.24) is 5.32 Å². The molecule has 1 unspecified atom stereocenters. The van der Waals surface area contributed by atoms with Gasteiger partial charge in [0.15, 0.2) is 6.04 Å². The second kappa shape index (κ2) is 8.37. The van der Waals surface area contributed by atoms with E-state index in [1.807, 2.05) is 0 Å². The Balaban J connectivity index is 1.73. The molecule has 0 saturated carbocycles. The highest BCUT2D eigenvalue weighted by molar-refractivity contribution is 6.30. The van der Waals surface area contributed by atoms with Crippen LogP contribution in [0.5, 0.6) is 0 Å². The van der Waals surface area contributed by atoms with E-state index >= 15 is 0 Å². The molecule has 1 aliphatic heterocycles. The maximum absolute atomic E-state index is 13.6. The molecule has 6 nitrogen and oxygen atoms in total. The average Bonchev–Trinajstić information content (AvgIpc) is 2.69. The van der Waals surface area contributed by atoms with E-state index in [0.717, 1.165) is 24.8 Å². The van der Waals surface area contributed by atoms with Gasteiger partial charge in [-0.15, -0.1) is 0 Å². The molecule has 142 valence electrons.